The number of hydrogen-bond donors (Lipinski definition) is 3. The molecule has 0 aromatic carbocycles. The van der Waals surface area contributed by atoms with E-state index in [1.165, 1.54) is 6.20 Å². The quantitative estimate of drug-likeness (QED) is 0.482. The number of aromatic amines is 2. The Balaban J connectivity index is 3.34. The van der Waals surface area contributed by atoms with Crippen molar-refractivity contribution in [1.82, 2.24) is 9.97 Å². The van der Waals surface area contributed by atoms with Crippen LogP contribution in [-0.4, -0.2) is 9.97 Å². The normalized spacial score (nSPS) is 9.70. The lowest BCUT2D eigenvalue weighted by Gasteiger charge is -1.89. The van der Waals surface area contributed by atoms with Gasteiger partial charge in [-0.15, -0.1) is 0 Å². The van der Waals surface area contributed by atoms with Crippen LogP contribution in [0.15, 0.2) is 15.8 Å². The van der Waals surface area contributed by atoms with E-state index in [2.05, 4.69) is 22.6 Å². The molecule has 0 saturated heterocycles. The summed E-state index contributed by atoms with van der Waals surface area (Å²) in [5.41, 5.74) is -0.405. The Morgan fingerprint density at radius 3 is 2.70 bits per heavy atom. The van der Waals surface area contributed by atoms with Gasteiger partial charge in [-0.2, -0.15) is 12.6 Å². The molecule has 0 bridgehead atoms. The summed E-state index contributed by atoms with van der Waals surface area (Å²) in [6.45, 7) is 0. The Hall–Kier alpha value is -0.970. The standard InChI is InChI=1S/C5H6N2O2S/c8-4-3(2-10)1-6-5(9)7-4/h1,10H,2H2,(H2,6,7,8,9). The summed E-state index contributed by atoms with van der Waals surface area (Å²) in [5, 5.41) is 0. The van der Waals surface area contributed by atoms with Gasteiger partial charge in [0.15, 0.2) is 0 Å². The van der Waals surface area contributed by atoms with Gasteiger partial charge in [0.05, 0.1) is 0 Å². The molecule has 0 aliphatic heterocycles. The maximum absolute atomic E-state index is 10.7. The zero-order valence-electron chi connectivity index (χ0n) is 5.05. The highest BCUT2D eigenvalue weighted by Crippen LogP contribution is 1.88. The third-order valence-corrected chi connectivity index (χ3v) is 1.41. The number of rotatable bonds is 1. The van der Waals surface area contributed by atoms with E-state index in [1.54, 1.807) is 0 Å². The molecule has 2 N–H and O–H groups in total. The zero-order valence-corrected chi connectivity index (χ0v) is 5.94. The average Bonchev–Trinajstić information content (AvgIpc) is 1.88. The van der Waals surface area contributed by atoms with Gasteiger partial charge in [-0.3, -0.25) is 9.78 Å². The number of nitrogens with one attached hydrogen (secondary N) is 2. The van der Waals surface area contributed by atoms with Crippen LogP contribution in [-0.2, 0) is 5.75 Å². The maximum Gasteiger partial charge on any atom is 0.325 e. The third-order valence-electron chi connectivity index (χ3n) is 1.07. The summed E-state index contributed by atoms with van der Waals surface area (Å²) in [7, 11) is 0. The SMILES string of the molecule is O=c1[nH]cc(CS)c(=O)[nH]1. The van der Waals surface area contributed by atoms with Crippen LogP contribution in [0.3, 0.4) is 0 Å². The molecule has 0 amide bonds. The van der Waals surface area contributed by atoms with Gasteiger partial charge in [0.1, 0.15) is 0 Å². The fraction of sp³-hybridized carbons (Fsp3) is 0.200. The van der Waals surface area contributed by atoms with Gasteiger partial charge < -0.3 is 4.98 Å². The van der Waals surface area contributed by atoms with Crippen molar-refractivity contribution in [2.45, 2.75) is 5.75 Å². The van der Waals surface area contributed by atoms with Gasteiger partial charge in [0.2, 0.25) is 0 Å². The van der Waals surface area contributed by atoms with E-state index < -0.39 is 5.69 Å². The van der Waals surface area contributed by atoms with Crippen molar-refractivity contribution in [3.63, 3.8) is 0 Å². The molecule has 0 fully saturated rings. The first-order valence-corrected chi connectivity index (χ1v) is 3.29. The maximum atomic E-state index is 10.7. The minimum atomic E-state index is -0.490. The van der Waals surface area contributed by atoms with Gasteiger partial charge in [0, 0.05) is 17.5 Å². The minimum Gasteiger partial charge on any atom is -0.314 e. The Kier molecular flexibility index (Phi) is 1.96. The molecule has 10 heavy (non-hydrogen) atoms. The summed E-state index contributed by atoms with van der Waals surface area (Å²) in [6, 6.07) is 0. The Morgan fingerprint density at radius 1 is 1.50 bits per heavy atom. The van der Waals surface area contributed by atoms with Crippen molar-refractivity contribution in [3.05, 3.63) is 32.6 Å². The van der Waals surface area contributed by atoms with Crippen LogP contribution in [0.25, 0.3) is 0 Å². The van der Waals surface area contributed by atoms with Crippen molar-refractivity contribution < 1.29 is 0 Å². The molecule has 1 heterocycles. The number of thiol groups is 1. The number of aromatic nitrogens is 2. The third kappa shape index (κ3) is 1.30. The molecular weight excluding hydrogens is 152 g/mol. The lowest BCUT2D eigenvalue weighted by molar-refractivity contribution is 1.00. The molecule has 0 radical (unpaired) electrons. The Labute approximate surface area is 61.7 Å². The topological polar surface area (TPSA) is 65.7 Å². The summed E-state index contributed by atoms with van der Waals surface area (Å²) in [6.07, 6.45) is 1.36. The van der Waals surface area contributed by atoms with Crippen LogP contribution >= 0.6 is 12.6 Å². The Morgan fingerprint density at radius 2 is 2.20 bits per heavy atom. The second-order valence-corrected chi connectivity index (χ2v) is 2.07. The number of H-pyrrole nitrogens is 2. The second-order valence-electron chi connectivity index (χ2n) is 1.76. The van der Waals surface area contributed by atoms with Crippen LogP contribution in [0.1, 0.15) is 5.56 Å². The van der Waals surface area contributed by atoms with E-state index in [-0.39, 0.29) is 5.56 Å². The molecule has 0 unspecified atom stereocenters. The molecule has 1 aromatic rings. The summed E-state index contributed by atoms with van der Waals surface area (Å²) < 4.78 is 0. The molecule has 1 rings (SSSR count). The van der Waals surface area contributed by atoms with Crippen LogP contribution in [0.2, 0.25) is 0 Å². The largest absolute Gasteiger partial charge is 0.325 e. The van der Waals surface area contributed by atoms with Gasteiger partial charge in [-0.1, -0.05) is 0 Å². The highest BCUT2D eigenvalue weighted by atomic mass is 32.1. The fourth-order valence-corrected chi connectivity index (χ4v) is 0.790. The summed E-state index contributed by atoms with van der Waals surface area (Å²) in [5.74, 6) is 0.326. The smallest absolute Gasteiger partial charge is 0.314 e. The first-order chi connectivity index (χ1) is 4.74. The van der Waals surface area contributed by atoms with Crippen LogP contribution in [0.5, 0.6) is 0 Å². The van der Waals surface area contributed by atoms with Gasteiger partial charge in [-0.25, -0.2) is 4.79 Å². The van der Waals surface area contributed by atoms with Gasteiger partial charge >= 0.3 is 5.69 Å². The van der Waals surface area contributed by atoms with Crippen molar-refractivity contribution in [2.24, 2.45) is 0 Å². The number of hydrogen-bond acceptors (Lipinski definition) is 3. The summed E-state index contributed by atoms with van der Waals surface area (Å²) >= 11 is 3.87. The van der Waals surface area contributed by atoms with Gasteiger partial charge in [0.25, 0.3) is 5.56 Å². The summed E-state index contributed by atoms with van der Waals surface area (Å²) in [4.78, 5) is 25.6. The molecule has 0 aliphatic rings. The van der Waals surface area contributed by atoms with Crippen LogP contribution in [0, 0.1) is 0 Å². The van der Waals surface area contributed by atoms with Crippen molar-refractivity contribution >= 4 is 12.6 Å². The predicted molar refractivity (Wildman–Crippen MR) is 40.4 cm³/mol. The van der Waals surface area contributed by atoms with E-state index in [0.717, 1.165) is 0 Å². The van der Waals surface area contributed by atoms with Crippen molar-refractivity contribution in [1.29, 1.82) is 0 Å². The van der Waals surface area contributed by atoms with Crippen molar-refractivity contribution in [3.8, 4) is 0 Å². The molecule has 1 aromatic heterocycles. The molecule has 5 heteroatoms. The monoisotopic (exact) mass is 158 g/mol. The first kappa shape index (κ1) is 7.14. The zero-order chi connectivity index (χ0) is 7.56. The Bertz CT molecular complexity index is 327. The first-order valence-electron chi connectivity index (χ1n) is 2.66. The molecule has 0 aliphatic carbocycles. The molecule has 54 valence electrons. The molecule has 0 saturated carbocycles. The molecule has 4 nitrogen and oxygen atoms in total. The van der Waals surface area contributed by atoms with Crippen LogP contribution in [0.4, 0.5) is 0 Å². The van der Waals surface area contributed by atoms with E-state index >= 15 is 0 Å². The molecule has 0 spiro atoms. The second kappa shape index (κ2) is 2.74. The van der Waals surface area contributed by atoms with E-state index in [4.69, 9.17) is 0 Å². The molecule has 0 atom stereocenters. The predicted octanol–water partition coefficient (Wildman–Crippen LogP) is -0.507. The highest BCUT2D eigenvalue weighted by molar-refractivity contribution is 7.79. The fourth-order valence-electron chi connectivity index (χ4n) is 0.555. The van der Waals surface area contributed by atoms with Crippen LogP contribution < -0.4 is 11.2 Å². The van der Waals surface area contributed by atoms with E-state index in [0.29, 0.717) is 11.3 Å². The highest BCUT2D eigenvalue weighted by Gasteiger charge is 1.94. The van der Waals surface area contributed by atoms with E-state index in [1.807, 2.05) is 0 Å². The lowest BCUT2D eigenvalue weighted by atomic mass is 10.4. The van der Waals surface area contributed by atoms with Crippen molar-refractivity contribution in [2.75, 3.05) is 0 Å². The average molecular weight is 158 g/mol. The molecular formula is C5H6N2O2S. The van der Waals surface area contributed by atoms with Gasteiger partial charge in [-0.05, 0) is 0 Å². The van der Waals surface area contributed by atoms with E-state index in [9.17, 15) is 9.59 Å². The lowest BCUT2D eigenvalue weighted by Crippen LogP contribution is -2.23. The minimum absolute atomic E-state index is 0.326.